The molecule has 0 heterocycles. The van der Waals surface area contributed by atoms with Crippen molar-refractivity contribution in [2.24, 2.45) is 0 Å². The van der Waals surface area contributed by atoms with Gasteiger partial charge in [-0.1, -0.05) is 159 Å². The second kappa shape index (κ2) is 35.2. The molecule has 45 heavy (non-hydrogen) atoms. The van der Waals surface area contributed by atoms with E-state index in [-0.39, 0.29) is 18.9 Å². The minimum atomic E-state index is -0.950. The van der Waals surface area contributed by atoms with Gasteiger partial charge in [0.1, 0.15) is 0 Å². The lowest BCUT2D eigenvalue weighted by molar-refractivity contribution is -0.124. The highest BCUT2D eigenvalue weighted by Crippen LogP contribution is 2.14. The number of aliphatic hydroxyl groups is 3. The van der Waals surface area contributed by atoms with Gasteiger partial charge in [-0.25, -0.2) is 0 Å². The molecule has 3 unspecified atom stereocenters. The maximum absolute atomic E-state index is 12.4. The molecule has 0 aromatic carbocycles. The summed E-state index contributed by atoms with van der Waals surface area (Å²) in [5, 5.41) is 33.0. The summed E-state index contributed by atoms with van der Waals surface area (Å²) in [6.07, 6.45) is 43.9. The van der Waals surface area contributed by atoms with E-state index in [1.54, 1.807) is 6.08 Å². The van der Waals surface area contributed by atoms with E-state index < -0.39 is 18.2 Å². The Morgan fingerprint density at radius 2 is 1.09 bits per heavy atom. The van der Waals surface area contributed by atoms with Gasteiger partial charge < -0.3 is 20.6 Å². The first-order valence-electron chi connectivity index (χ1n) is 18.9. The minimum Gasteiger partial charge on any atom is -0.394 e. The fourth-order valence-corrected chi connectivity index (χ4v) is 5.45. The molecule has 0 aliphatic rings. The molecule has 4 N–H and O–H groups in total. The second-order valence-corrected chi connectivity index (χ2v) is 12.8. The maximum Gasteiger partial charge on any atom is 0.222 e. The lowest BCUT2D eigenvalue weighted by Crippen LogP contribution is -2.45. The van der Waals surface area contributed by atoms with Crippen molar-refractivity contribution in [2.75, 3.05) is 6.61 Å². The Bertz CT molecular complexity index is 745. The van der Waals surface area contributed by atoms with Crippen molar-refractivity contribution in [2.45, 2.75) is 193 Å². The second-order valence-electron chi connectivity index (χ2n) is 12.8. The third-order valence-corrected chi connectivity index (χ3v) is 8.35. The third kappa shape index (κ3) is 32.1. The number of hydrogen-bond donors (Lipinski definition) is 4. The normalized spacial score (nSPS) is 14.3. The van der Waals surface area contributed by atoms with E-state index in [4.69, 9.17) is 0 Å². The molecular weight excluding hydrogens is 558 g/mol. The zero-order chi connectivity index (χ0) is 33.1. The van der Waals surface area contributed by atoms with E-state index in [2.05, 4.69) is 55.6 Å². The van der Waals surface area contributed by atoms with Crippen LogP contribution in [0.2, 0.25) is 0 Å². The molecule has 0 saturated heterocycles. The largest absolute Gasteiger partial charge is 0.394 e. The summed E-state index contributed by atoms with van der Waals surface area (Å²) in [4.78, 5) is 12.4. The van der Waals surface area contributed by atoms with Crippen molar-refractivity contribution < 1.29 is 20.1 Å². The molecule has 0 spiro atoms. The van der Waals surface area contributed by atoms with Gasteiger partial charge in [0.05, 0.1) is 31.3 Å². The molecule has 1 amide bonds. The van der Waals surface area contributed by atoms with Crippen LogP contribution in [0.15, 0.2) is 48.6 Å². The quantitative estimate of drug-likeness (QED) is 0.0429. The molecule has 0 aromatic rings. The summed E-state index contributed by atoms with van der Waals surface area (Å²) in [6, 6.07) is -0.759. The lowest BCUT2D eigenvalue weighted by Gasteiger charge is -2.21. The fraction of sp³-hybridized carbons (Fsp3) is 0.775. The molecule has 0 radical (unpaired) electrons. The lowest BCUT2D eigenvalue weighted by atomic mass is 10.0. The highest BCUT2D eigenvalue weighted by Gasteiger charge is 2.20. The molecule has 0 bridgehead atoms. The van der Waals surface area contributed by atoms with Crippen molar-refractivity contribution in [3.05, 3.63) is 48.6 Å². The van der Waals surface area contributed by atoms with E-state index in [0.717, 1.165) is 44.9 Å². The Kier molecular flexibility index (Phi) is 33.8. The van der Waals surface area contributed by atoms with Crippen LogP contribution in [0.1, 0.15) is 174 Å². The van der Waals surface area contributed by atoms with Gasteiger partial charge in [-0.2, -0.15) is 0 Å². The number of nitrogens with one attached hydrogen (secondary N) is 1. The zero-order valence-electron chi connectivity index (χ0n) is 29.5. The van der Waals surface area contributed by atoms with Crippen LogP contribution in [-0.2, 0) is 4.79 Å². The molecule has 5 heteroatoms. The maximum atomic E-state index is 12.4. The topological polar surface area (TPSA) is 89.8 Å². The van der Waals surface area contributed by atoms with Crippen molar-refractivity contribution >= 4 is 5.91 Å². The molecule has 0 aliphatic carbocycles. The first-order valence-corrected chi connectivity index (χ1v) is 18.9. The van der Waals surface area contributed by atoms with Gasteiger partial charge in [0.25, 0.3) is 0 Å². The Morgan fingerprint density at radius 1 is 0.600 bits per heavy atom. The van der Waals surface area contributed by atoms with Gasteiger partial charge in [0.2, 0.25) is 5.91 Å². The number of carbonyl (C=O) groups excluding carboxylic acids is 1. The molecule has 0 aliphatic heterocycles. The van der Waals surface area contributed by atoms with Crippen molar-refractivity contribution in [1.82, 2.24) is 5.32 Å². The van der Waals surface area contributed by atoms with Crippen LogP contribution < -0.4 is 5.32 Å². The number of amides is 1. The average molecular weight is 632 g/mol. The molecule has 0 saturated carbocycles. The Labute approximate surface area is 278 Å². The molecule has 0 fully saturated rings. The third-order valence-electron chi connectivity index (χ3n) is 8.35. The number of unbranched alkanes of at least 4 members (excludes halogenated alkanes) is 18. The summed E-state index contributed by atoms with van der Waals surface area (Å²) in [7, 11) is 0. The van der Waals surface area contributed by atoms with Crippen LogP contribution in [-0.4, -0.2) is 46.1 Å². The van der Waals surface area contributed by atoms with Crippen LogP contribution in [0.25, 0.3) is 0 Å². The van der Waals surface area contributed by atoms with Crippen LogP contribution in [0.3, 0.4) is 0 Å². The summed E-state index contributed by atoms with van der Waals surface area (Å²) >= 11 is 0. The summed E-state index contributed by atoms with van der Waals surface area (Å²) in [5.74, 6) is -0.330. The smallest absolute Gasteiger partial charge is 0.222 e. The van der Waals surface area contributed by atoms with E-state index in [9.17, 15) is 20.1 Å². The van der Waals surface area contributed by atoms with Crippen molar-refractivity contribution in [3.63, 3.8) is 0 Å². The highest BCUT2D eigenvalue weighted by molar-refractivity contribution is 5.76. The number of rotatable bonds is 33. The monoisotopic (exact) mass is 632 g/mol. The van der Waals surface area contributed by atoms with Crippen molar-refractivity contribution in [1.29, 1.82) is 0 Å². The van der Waals surface area contributed by atoms with Crippen LogP contribution >= 0.6 is 0 Å². The van der Waals surface area contributed by atoms with Crippen molar-refractivity contribution in [3.8, 4) is 0 Å². The van der Waals surface area contributed by atoms with Crippen LogP contribution in [0.5, 0.6) is 0 Å². The molecular formula is C40H73NO4. The van der Waals surface area contributed by atoms with Gasteiger partial charge in [-0.3, -0.25) is 4.79 Å². The molecule has 5 nitrogen and oxygen atoms in total. The Morgan fingerprint density at radius 3 is 1.67 bits per heavy atom. The standard InChI is InChI=1S/C40H73NO4/c1-3-5-7-9-11-13-15-16-17-18-19-20-21-22-24-25-27-29-31-33-37(43)35-40(45)41-38(36-42)39(44)34-32-30-28-26-23-14-12-10-8-6-4-2/h5,7,11,13,23,26,32,34,37-39,42-44H,3-4,6,8-10,12,14-22,24-25,27-31,33,35-36H2,1-2H3,(H,41,45)/b7-5-,13-11-,26-23+,34-32+. The van der Waals surface area contributed by atoms with Crippen LogP contribution in [0, 0.1) is 0 Å². The summed E-state index contributed by atoms with van der Waals surface area (Å²) < 4.78 is 0. The van der Waals surface area contributed by atoms with Gasteiger partial charge in [-0.15, -0.1) is 0 Å². The Balaban J connectivity index is 3.71. The van der Waals surface area contributed by atoms with Gasteiger partial charge in [0.15, 0.2) is 0 Å². The minimum absolute atomic E-state index is 0.00349. The SMILES string of the molecule is CC/C=C\C/C=C\CCCCCCCCCCCCCCC(O)CC(=O)NC(CO)C(O)/C=C/CC/C=C/CCCCCCC. The first-order chi connectivity index (χ1) is 22.0. The highest BCUT2D eigenvalue weighted by atomic mass is 16.3. The number of hydrogen-bond acceptors (Lipinski definition) is 4. The number of carbonyl (C=O) groups is 1. The van der Waals surface area contributed by atoms with E-state index in [1.165, 1.54) is 103 Å². The zero-order valence-corrected chi connectivity index (χ0v) is 29.5. The molecule has 0 aromatic heterocycles. The predicted octanol–water partition coefficient (Wildman–Crippen LogP) is 10.2. The van der Waals surface area contributed by atoms with Crippen LogP contribution in [0.4, 0.5) is 0 Å². The predicted molar refractivity (Wildman–Crippen MR) is 194 cm³/mol. The van der Waals surface area contributed by atoms with Gasteiger partial charge in [-0.05, 0) is 57.8 Å². The van der Waals surface area contributed by atoms with Gasteiger partial charge >= 0.3 is 0 Å². The molecule has 262 valence electrons. The van der Waals surface area contributed by atoms with E-state index in [0.29, 0.717) is 6.42 Å². The van der Waals surface area contributed by atoms with E-state index >= 15 is 0 Å². The summed E-state index contributed by atoms with van der Waals surface area (Å²) in [6.45, 7) is 4.05. The summed E-state index contributed by atoms with van der Waals surface area (Å²) in [5.41, 5.74) is 0. The first kappa shape index (κ1) is 43.3. The fourth-order valence-electron chi connectivity index (χ4n) is 5.45. The number of allylic oxidation sites excluding steroid dienone is 7. The average Bonchev–Trinajstić information content (AvgIpc) is 3.03. The van der Waals surface area contributed by atoms with Gasteiger partial charge in [0, 0.05) is 0 Å². The molecule has 3 atom stereocenters. The molecule has 0 rings (SSSR count). The van der Waals surface area contributed by atoms with E-state index in [1.807, 2.05) is 6.08 Å². The number of aliphatic hydroxyl groups excluding tert-OH is 3. The Hall–Kier alpha value is -1.69.